The predicted molar refractivity (Wildman–Crippen MR) is 39.7 cm³/mol. The van der Waals surface area contributed by atoms with E-state index in [0.29, 0.717) is 11.6 Å². The number of hydrogen-bond acceptors (Lipinski definition) is 5. The van der Waals surface area contributed by atoms with E-state index in [1.807, 2.05) is 0 Å². The predicted octanol–water partition coefficient (Wildman–Crippen LogP) is -0.147. The van der Waals surface area contributed by atoms with E-state index in [1.165, 1.54) is 0 Å². The van der Waals surface area contributed by atoms with Crippen LogP contribution in [-0.2, 0) is 0 Å². The topological polar surface area (TPSA) is 102 Å². The molecule has 2 aliphatic rings. The van der Waals surface area contributed by atoms with Gasteiger partial charge in [0, 0.05) is 0 Å². The van der Waals surface area contributed by atoms with Crippen LogP contribution in [0.4, 0.5) is 0 Å². The van der Waals surface area contributed by atoms with Gasteiger partial charge in [-0.3, -0.25) is 5.41 Å². The van der Waals surface area contributed by atoms with Crippen molar-refractivity contribution >= 4 is 5.84 Å². The molecule has 0 bridgehead atoms. The standard InChI is InChI=1S/C6H5N5O/c7-5(8)4-2-1-3-6(12-4)10-11-9-3/h1-2H,(H3,7,8). The molecule has 0 amide bonds. The maximum atomic E-state index is 7.08. The first-order chi connectivity index (χ1) is 5.77. The highest BCUT2D eigenvalue weighted by Gasteiger charge is 2.11. The lowest BCUT2D eigenvalue weighted by molar-refractivity contribution is 0.536. The largest absolute Gasteiger partial charge is 0.432 e. The van der Waals surface area contributed by atoms with Crippen molar-refractivity contribution in [3.05, 3.63) is 17.9 Å². The molecule has 0 fully saturated rings. The van der Waals surface area contributed by atoms with E-state index in [9.17, 15) is 0 Å². The van der Waals surface area contributed by atoms with Gasteiger partial charge < -0.3 is 10.2 Å². The van der Waals surface area contributed by atoms with Gasteiger partial charge in [-0.25, -0.2) is 0 Å². The number of nitrogen functional groups attached to an aromatic ring is 1. The third-order valence-electron chi connectivity index (χ3n) is 1.37. The van der Waals surface area contributed by atoms with E-state index in [4.69, 9.17) is 15.6 Å². The molecule has 2 heterocycles. The normalized spacial score (nSPS) is 10.3. The highest BCUT2D eigenvalue weighted by Crippen LogP contribution is 2.16. The molecule has 60 valence electrons. The molecular formula is C6H5N5O. The summed E-state index contributed by atoms with van der Waals surface area (Å²) in [6.45, 7) is 0. The molecule has 0 saturated heterocycles. The van der Waals surface area contributed by atoms with Crippen molar-refractivity contribution in [2.24, 2.45) is 5.73 Å². The molecule has 12 heavy (non-hydrogen) atoms. The molecule has 2 rings (SSSR count). The van der Waals surface area contributed by atoms with Gasteiger partial charge in [-0.05, 0) is 17.3 Å². The second-order valence-corrected chi connectivity index (χ2v) is 2.19. The van der Waals surface area contributed by atoms with Crippen LogP contribution < -0.4 is 5.73 Å². The second kappa shape index (κ2) is 2.26. The first-order valence-corrected chi connectivity index (χ1v) is 3.20. The summed E-state index contributed by atoms with van der Waals surface area (Å²) in [4.78, 5) is 0. The number of nitrogens with two attached hydrogens (primary N) is 1. The van der Waals surface area contributed by atoms with Gasteiger partial charge in [-0.15, -0.1) is 5.10 Å². The summed E-state index contributed by atoms with van der Waals surface area (Å²) < 4.78 is 5.08. The number of amidine groups is 1. The van der Waals surface area contributed by atoms with Crippen LogP contribution in [0.15, 0.2) is 16.5 Å². The van der Waals surface area contributed by atoms with Gasteiger partial charge in [0.15, 0.2) is 17.3 Å². The van der Waals surface area contributed by atoms with E-state index in [2.05, 4.69) is 15.4 Å². The maximum absolute atomic E-state index is 7.08. The van der Waals surface area contributed by atoms with E-state index in [-0.39, 0.29) is 11.6 Å². The van der Waals surface area contributed by atoms with Crippen molar-refractivity contribution in [3.63, 3.8) is 0 Å². The minimum Gasteiger partial charge on any atom is -0.432 e. The van der Waals surface area contributed by atoms with Gasteiger partial charge in [-0.1, -0.05) is 5.10 Å². The molecule has 0 unspecified atom stereocenters. The van der Waals surface area contributed by atoms with Crippen LogP contribution in [0.3, 0.4) is 0 Å². The first kappa shape index (κ1) is 6.71. The molecule has 0 radical (unpaired) electrons. The number of fused-ring (bicyclic) bond motifs is 1. The minimum atomic E-state index is -0.139. The number of nitrogens with zero attached hydrogens (tertiary/aromatic N) is 3. The Labute approximate surface area is 67.2 Å². The molecule has 0 spiro atoms. The SMILES string of the molecule is N=C(N)c1ccc2nnnc-2o1. The third kappa shape index (κ3) is 0.895. The Balaban J connectivity index is 2.62. The van der Waals surface area contributed by atoms with Crippen LogP contribution in [0.2, 0.25) is 0 Å². The van der Waals surface area contributed by atoms with Gasteiger partial charge in [0.1, 0.15) is 0 Å². The average Bonchev–Trinajstić information content (AvgIpc) is 2.49. The van der Waals surface area contributed by atoms with Crippen molar-refractivity contribution in [1.29, 1.82) is 5.41 Å². The second-order valence-electron chi connectivity index (χ2n) is 2.19. The molecule has 0 aromatic carbocycles. The van der Waals surface area contributed by atoms with Crippen LogP contribution in [0.1, 0.15) is 5.76 Å². The van der Waals surface area contributed by atoms with E-state index < -0.39 is 0 Å². The Morgan fingerprint density at radius 1 is 1.42 bits per heavy atom. The fraction of sp³-hybridized carbons (Fsp3) is 0. The average molecular weight is 163 g/mol. The number of aromatic nitrogens is 3. The van der Waals surface area contributed by atoms with Crippen LogP contribution in [0, 0.1) is 5.41 Å². The Bertz CT molecular complexity index is 395. The fourth-order valence-electron chi connectivity index (χ4n) is 0.820. The quantitative estimate of drug-likeness (QED) is 0.449. The fourth-order valence-corrected chi connectivity index (χ4v) is 0.820. The van der Waals surface area contributed by atoms with Crippen LogP contribution >= 0.6 is 0 Å². The monoisotopic (exact) mass is 163 g/mol. The summed E-state index contributed by atoms with van der Waals surface area (Å²) >= 11 is 0. The maximum Gasteiger partial charge on any atom is 0.268 e. The van der Waals surface area contributed by atoms with Crippen LogP contribution in [-0.4, -0.2) is 21.2 Å². The number of hydrogen-bond donors (Lipinski definition) is 2. The van der Waals surface area contributed by atoms with Gasteiger partial charge in [0.05, 0.1) is 0 Å². The van der Waals surface area contributed by atoms with Crippen LogP contribution in [0.25, 0.3) is 11.6 Å². The van der Waals surface area contributed by atoms with Crippen molar-refractivity contribution in [2.75, 3.05) is 0 Å². The van der Waals surface area contributed by atoms with E-state index in [0.717, 1.165) is 0 Å². The van der Waals surface area contributed by atoms with E-state index in [1.54, 1.807) is 12.1 Å². The first-order valence-electron chi connectivity index (χ1n) is 3.20. The lowest BCUT2D eigenvalue weighted by Gasteiger charge is -1.97. The minimum absolute atomic E-state index is 0.139. The summed E-state index contributed by atoms with van der Waals surface area (Å²) in [6.07, 6.45) is 0. The van der Waals surface area contributed by atoms with Crippen molar-refractivity contribution < 1.29 is 4.42 Å². The van der Waals surface area contributed by atoms with Crippen LogP contribution in [0.5, 0.6) is 0 Å². The molecule has 0 saturated carbocycles. The zero-order chi connectivity index (χ0) is 8.55. The highest BCUT2D eigenvalue weighted by molar-refractivity contribution is 5.92. The zero-order valence-corrected chi connectivity index (χ0v) is 5.98. The van der Waals surface area contributed by atoms with Gasteiger partial charge in [0.25, 0.3) is 5.89 Å². The lowest BCUT2D eigenvalue weighted by Crippen LogP contribution is -2.10. The van der Waals surface area contributed by atoms with Crippen molar-refractivity contribution in [2.45, 2.75) is 0 Å². The summed E-state index contributed by atoms with van der Waals surface area (Å²) in [5.74, 6) is 0.424. The lowest BCUT2D eigenvalue weighted by atomic mass is 10.3. The Hall–Kier alpha value is -1.98. The van der Waals surface area contributed by atoms with Crippen molar-refractivity contribution in [1.82, 2.24) is 15.4 Å². The molecule has 0 aromatic heterocycles. The van der Waals surface area contributed by atoms with Crippen molar-refractivity contribution in [3.8, 4) is 11.6 Å². The molecular weight excluding hydrogens is 158 g/mol. The molecule has 6 nitrogen and oxygen atoms in total. The van der Waals surface area contributed by atoms with Gasteiger partial charge in [0.2, 0.25) is 0 Å². The highest BCUT2D eigenvalue weighted by atomic mass is 16.4. The van der Waals surface area contributed by atoms with Gasteiger partial charge in [-0.2, -0.15) is 0 Å². The Kier molecular flexibility index (Phi) is 1.26. The number of rotatable bonds is 1. The summed E-state index contributed by atoms with van der Waals surface area (Å²) in [5, 5.41) is 17.7. The molecule has 0 aromatic rings. The third-order valence-corrected chi connectivity index (χ3v) is 1.37. The molecule has 2 aliphatic heterocycles. The molecule has 0 atom stereocenters. The molecule has 0 aliphatic carbocycles. The zero-order valence-electron chi connectivity index (χ0n) is 5.98. The Morgan fingerprint density at radius 2 is 2.25 bits per heavy atom. The van der Waals surface area contributed by atoms with E-state index >= 15 is 0 Å². The molecule has 3 N–H and O–H groups in total. The summed E-state index contributed by atoms with van der Waals surface area (Å²) in [7, 11) is 0. The Morgan fingerprint density at radius 3 is 3.00 bits per heavy atom. The molecule has 6 heteroatoms. The summed E-state index contributed by atoms with van der Waals surface area (Å²) in [6, 6.07) is 3.20. The van der Waals surface area contributed by atoms with Gasteiger partial charge >= 0.3 is 0 Å². The number of nitrogens with one attached hydrogen (secondary N) is 1. The summed E-state index contributed by atoms with van der Waals surface area (Å²) in [5.41, 5.74) is 5.75. The smallest absolute Gasteiger partial charge is 0.268 e.